The van der Waals surface area contributed by atoms with E-state index >= 15 is 0 Å². The molecule has 0 aliphatic carbocycles. The van der Waals surface area contributed by atoms with Crippen LogP contribution in [0.1, 0.15) is 41.3 Å². The van der Waals surface area contributed by atoms with Gasteiger partial charge in [0.05, 0.1) is 6.07 Å². The first-order valence-electron chi connectivity index (χ1n) is 7.14. The molecule has 0 rings (SSSR count). The van der Waals surface area contributed by atoms with Crippen molar-refractivity contribution in [3.63, 3.8) is 0 Å². The number of aliphatic carboxylic acids is 2. The predicted molar refractivity (Wildman–Crippen MR) is 73.6 cm³/mol. The highest BCUT2D eigenvalue weighted by Crippen LogP contribution is 1.97. The lowest BCUT2D eigenvalue weighted by Gasteiger charge is -2.03. The van der Waals surface area contributed by atoms with E-state index in [9.17, 15) is 9.59 Å². The number of nitriles is 1. The number of carboxylic acids is 2. The van der Waals surface area contributed by atoms with Crippen molar-refractivity contribution < 1.29 is 22.5 Å². The van der Waals surface area contributed by atoms with Crippen LogP contribution in [0.2, 0.25) is 0 Å². The van der Waals surface area contributed by atoms with E-state index in [-0.39, 0.29) is 12.8 Å². The first-order chi connectivity index (χ1) is 10.0. The third-order valence-corrected chi connectivity index (χ3v) is 2.27. The second-order valence-corrected chi connectivity index (χ2v) is 4.04. The zero-order chi connectivity index (χ0) is 17.8. The maximum atomic E-state index is 10.2. The standard InChI is InChI=1S/C6H14N2O2.C6H10N2O2/c2*7-4-2-1-3-5(8)6(9)10/h5H,1-4,7-8H2,(H,9,10);5H,1-3,8H2,(H,9,10)/t2*5-/m00/s1/i4D2;. The van der Waals surface area contributed by atoms with Crippen LogP contribution in [0.4, 0.5) is 0 Å². The first-order valence-corrected chi connectivity index (χ1v) is 6.14. The summed E-state index contributed by atoms with van der Waals surface area (Å²) in [5, 5.41) is 24.7. The number of rotatable bonds is 9. The van der Waals surface area contributed by atoms with Gasteiger partial charge in [0.1, 0.15) is 12.1 Å². The summed E-state index contributed by atoms with van der Waals surface area (Å²) in [6, 6.07) is 0.192. The molecule has 2 atom stereocenters. The van der Waals surface area contributed by atoms with Gasteiger partial charge in [-0.3, -0.25) is 9.59 Å². The first kappa shape index (κ1) is 16.4. The Hall–Kier alpha value is -1.69. The van der Waals surface area contributed by atoms with Gasteiger partial charge < -0.3 is 27.4 Å². The summed E-state index contributed by atoms with van der Waals surface area (Å²) in [6.45, 7) is -1.72. The van der Waals surface area contributed by atoms with Crippen molar-refractivity contribution in [2.45, 2.75) is 50.6 Å². The maximum absolute atomic E-state index is 10.2. The van der Waals surface area contributed by atoms with Crippen LogP contribution in [-0.2, 0) is 9.59 Å². The van der Waals surface area contributed by atoms with Crippen molar-refractivity contribution in [2.75, 3.05) is 6.50 Å². The van der Waals surface area contributed by atoms with Crippen molar-refractivity contribution in [1.29, 1.82) is 5.26 Å². The highest BCUT2D eigenvalue weighted by Gasteiger charge is 2.09. The molecule has 0 aliphatic heterocycles. The fourth-order valence-corrected chi connectivity index (χ4v) is 1.07. The molecule has 0 radical (unpaired) electrons. The Labute approximate surface area is 121 Å². The van der Waals surface area contributed by atoms with E-state index < -0.39 is 30.5 Å². The summed E-state index contributed by atoms with van der Waals surface area (Å²) in [4.78, 5) is 20.3. The lowest BCUT2D eigenvalue weighted by atomic mass is 10.1. The van der Waals surface area contributed by atoms with E-state index in [1.54, 1.807) is 0 Å². The van der Waals surface area contributed by atoms with Crippen molar-refractivity contribution in [2.24, 2.45) is 17.2 Å². The third kappa shape index (κ3) is 14.4. The van der Waals surface area contributed by atoms with Crippen LogP contribution in [-0.4, -0.2) is 40.7 Å². The molecular formula is C12H24N4O4. The van der Waals surface area contributed by atoms with E-state index in [0.717, 1.165) is 0 Å². The quantitative estimate of drug-likeness (QED) is 0.357. The van der Waals surface area contributed by atoms with Gasteiger partial charge in [0, 0.05) is 9.16 Å². The topological polar surface area (TPSA) is 176 Å². The molecule has 8 heteroatoms. The predicted octanol–water partition coefficient (Wildman–Crippen LogP) is -0.381. The molecule has 0 saturated carbocycles. The van der Waals surface area contributed by atoms with E-state index in [2.05, 4.69) is 0 Å². The molecule has 116 valence electrons. The van der Waals surface area contributed by atoms with Gasteiger partial charge in [-0.25, -0.2) is 0 Å². The molecule has 0 bridgehead atoms. The van der Waals surface area contributed by atoms with Crippen LogP contribution >= 0.6 is 0 Å². The Kier molecular flexibility index (Phi) is 11.2. The number of nitrogens with two attached hydrogens (primary N) is 3. The van der Waals surface area contributed by atoms with Gasteiger partial charge in [-0.15, -0.1) is 0 Å². The van der Waals surface area contributed by atoms with Crippen LogP contribution in [0.5, 0.6) is 0 Å². The smallest absolute Gasteiger partial charge is 0.320 e. The number of nitrogens with zero attached hydrogens (tertiary/aromatic N) is 1. The van der Waals surface area contributed by atoms with Crippen molar-refractivity contribution in [1.82, 2.24) is 0 Å². The van der Waals surface area contributed by atoms with Crippen molar-refractivity contribution in [3.05, 3.63) is 0 Å². The Bertz CT molecular complexity index is 382. The van der Waals surface area contributed by atoms with Crippen LogP contribution in [0.15, 0.2) is 0 Å². The zero-order valence-electron chi connectivity index (χ0n) is 13.3. The number of carboxylic acid groups (broad SMARTS) is 2. The molecule has 0 amide bonds. The van der Waals surface area contributed by atoms with Gasteiger partial charge >= 0.3 is 11.9 Å². The molecule has 0 aromatic heterocycles. The average Bonchev–Trinajstić information content (AvgIpc) is 2.37. The minimum Gasteiger partial charge on any atom is -0.480 e. The minimum atomic E-state index is -1.72. The van der Waals surface area contributed by atoms with Gasteiger partial charge in [0.15, 0.2) is 0 Å². The molecule has 0 fully saturated rings. The van der Waals surface area contributed by atoms with E-state index in [4.69, 9.17) is 35.4 Å². The summed E-state index contributed by atoms with van der Waals surface area (Å²) >= 11 is 0. The number of hydrogen-bond donors (Lipinski definition) is 5. The highest BCUT2D eigenvalue weighted by molar-refractivity contribution is 5.73. The molecule has 0 heterocycles. The Morgan fingerprint density at radius 3 is 1.90 bits per heavy atom. The summed E-state index contributed by atoms with van der Waals surface area (Å²) in [7, 11) is 0. The van der Waals surface area contributed by atoms with Crippen LogP contribution in [0.3, 0.4) is 0 Å². The van der Waals surface area contributed by atoms with Gasteiger partial charge in [0.25, 0.3) is 0 Å². The van der Waals surface area contributed by atoms with Crippen LogP contribution in [0, 0.1) is 11.3 Å². The lowest BCUT2D eigenvalue weighted by molar-refractivity contribution is -0.139. The van der Waals surface area contributed by atoms with E-state index in [1.165, 1.54) is 0 Å². The van der Waals surface area contributed by atoms with Gasteiger partial charge in [0.2, 0.25) is 0 Å². The fraction of sp³-hybridized carbons (Fsp3) is 0.750. The normalized spacial score (nSPS) is 14.7. The largest absolute Gasteiger partial charge is 0.480 e. The van der Waals surface area contributed by atoms with Crippen LogP contribution < -0.4 is 17.2 Å². The number of hydrogen-bond acceptors (Lipinski definition) is 6. The second-order valence-electron chi connectivity index (χ2n) is 4.04. The SMILES string of the molecule is N#CCCC[C@H](N)C(=O)O.[2H]C([2H])(N)CCC[C@H](N)C(=O)O. The highest BCUT2D eigenvalue weighted by atomic mass is 16.4. The molecule has 8 N–H and O–H groups in total. The van der Waals surface area contributed by atoms with Crippen LogP contribution in [0.25, 0.3) is 0 Å². The molecule has 0 saturated heterocycles. The molecule has 20 heavy (non-hydrogen) atoms. The lowest BCUT2D eigenvalue weighted by Crippen LogP contribution is -2.29. The van der Waals surface area contributed by atoms with E-state index in [0.29, 0.717) is 25.7 Å². The maximum Gasteiger partial charge on any atom is 0.320 e. The summed E-state index contributed by atoms with van der Waals surface area (Å²) in [6.07, 6.45) is 2.09. The van der Waals surface area contributed by atoms with Gasteiger partial charge in [-0.2, -0.15) is 5.26 Å². The Morgan fingerprint density at radius 1 is 1.10 bits per heavy atom. The van der Waals surface area contributed by atoms with Crippen molar-refractivity contribution >= 4 is 11.9 Å². The number of unbranched alkanes of at least 4 members (excludes halogenated alkanes) is 1. The fourth-order valence-electron chi connectivity index (χ4n) is 1.07. The molecule has 8 nitrogen and oxygen atoms in total. The zero-order valence-corrected chi connectivity index (χ0v) is 11.3. The summed E-state index contributed by atoms with van der Waals surface area (Å²) < 4.78 is 13.9. The minimum absolute atomic E-state index is 0.133. The molecule has 0 spiro atoms. The third-order valence-electron chi connectivity index (χ3n) is 2.27. The Balaban J connectivity index is 0. The molecule has 0 aliphatic rings. The molecule has 0 aromatic rings. The monoisotopic (exact) mass is 290 g/mol. The average molecular weight is 290 g/mol. The second kappa shape index (κ2) is 13.7. The van der Waals surface area contributed by atoms with Gasteiger partial charge in [-0.05, 0) is 32.2 Å². The van der Waals surface area contributed by atoms with E-state index in [1.807, 2.05) is 6.07 Å². The summed E-state index contributed by atoms with van der Waals surface area (Å²) in [5.41, 5.74) is 15.4. The van der Waals surface area contributed by atoms with Crippen molar-refractivity contribution in [3.8, 4) is 6.07 Å². The molecule has 0 unspecified atom stereocenters. The molecule has 0 aromatic carbocycles. The Morgan fingerprint density at radius 2 is 1.55 bits per heavy atom. The molecular weight excluding hydrogens is 264 g/mol. The van der Waals surface area contributed by atoms with Gasteiger partial charge in [-0.1, -0.05) is 6.42 Å². The summed E-state index contributed by atoms with van der Waals surface area (Å²) in [5.74, 6) is -2.06. The number of carbonyl (C=O) groups is 2.